The zero-order valence-corrected chi connectivity index (χ0v) is 29.4. The first-order chi connectivity index (χ1) is 22.8. The molecule has 9 nitrogen and oxygen atoms in total. The molecular weight excluding hydrogens is 639 g/mol. The van der Waals surface area contributed by atoms with Crippen molar-refractivity contribution in [3.63, 3.8) is 0 Å². The number of halogens is 2. The third kappa shape index (κ3) is 8.09. The van der Waals surface area contributed by atoms with Gasteiger partial charge in [0.1, 0.15) is 23.9 Å². The molecule has 11 heteroatoms. The van der Waals surface area contributed by atoms with Crippen LogP contribution < -0.4 is 9.64 Å². The van der Waals surface area contributed by atoms with Crippen molar-refractivity contribution >= 4 is 40.8 Å². The van der Waals surface area contributed by atoms with Gasteiger partial charge in [0.2, 0.25) is 0 Å². The molecule has 3 aliphatic rings. The summed E-state index contributed by atoms with van der Waals surface area (Å²) >= 11 is 6.04. The molecule has 1 unspecified atom stereocenters. The van der Waals surface area contributed by atoms with Crippen LogP contribution in [0.2, 0.25) is 5.02 Å². The Bertz CT molecular complexity index is 1660. The van der Waals surface area contributed by atoms with E-state index in [-0.39, 0.29) is 45.8 Å². The molecule has 258 valence electrons. The number of oxime groups is 1. The lowest BCUT2D eigenvalue weighted by Crippen LogP contribution is -2.29. The Hall–Kier alpha value is -4.18. The maximum Gasteiger partial charge on any atom is 0.427 e. The summed E-state index contributed by atoms with van der Waals surface area (Å²) < 4.78 is 25.1. The number of allylic oxidation sites excluding steroid dienone is 3. The number of aliphatic hydroxyl groups excluding tert-OH is 1. The van der Waals surface area contributed by atoms with Crippen molar-refractivity contribution in [2.24, 2.45) is 5.16 Å². The van der Waals surface area contributed by atoms with Crippen LogP contribution in [0.5, 0.6) is 5.75 Å². The molecular formula is C37H44ClFN2O7. The van der Waals surface area contributed by atoms with Crippen LogP contribution in [0.4, 0.5) is 14.9 Å². The van der Waals surface area contributed by atoms with Crippen molar-refractivity contribution in [3.8, 4) is 5.75 Å². The smallest absolute Gasteiger partial charge is 0.427 e. The fourth-order valence-electron chi connectivity index (χ4n) is 6.54. The van der Waals surface area contributed by atoms with Crippen LogP contribution in [0.15, 0.2) is 52.1 Å². The summed E-state index contributed by atoms with van der Waals surface area (Å²) in [4.78, 5) is 42.8. The number of hydrogen-bond acceptors (Lipinski definition) is 8. The second-order valence-electron chi connectivity index (χ2n) is 12.6. The number of rotatable bonds is 8. The average molecular weight is 683 g/mol. The van der Waals surface area contributed by atoms with Crippen LogP contribution in [0.1, 0.15) is 101 Å². The number of imide groups is 1. The number of aliphatic hydroxyl groups is 1. The van der Waals surface area contributed by atoms with Gasteiger partial charge in [-0.1, -0.05) is 41.4 Å². The van der Waals surface area contributed by atoms with Crippen molar-refractivity contribution in [3.05, 3.63) is 80.0 Å². The summed E-state index contributed by atoms with van der Waals surface area (Å²) in [5.41, 5.74) is 5.96. The monoisotopic (exact) mass is 682 g/mol. The van der Waals surface area contributed by atoms with Gasteiger partial charge in [-0.05, 0) is 108 Å². The highest BCUT2D eigenvalue weighted by Gasteiger charge is 2.40. The lowest BCUT2D eigenvalue weighted by Gasteiger charge is -2.27. The summed E-state index contributed by atoms with van der Waals surface area (Å²) in [6.45, 7) is 13.7. The van der Waals surface area contributed by atoms with E-state index in [4.69, 9.17) is 25.9 Å². The highest BCUT2D eigenvalue weighted by atomic mass is 35.5. The molecule has 48 heavy (non-hydrogen) atoms. The second kappa shape index (κ2) is 15.8. The maximum absolute atomic E-state index is 14.3. The molecule has 1 heterocycles. The number of cyclic esters (lactones) is 1. The van der Waals surface area contributed by atoms with E-state index in [0.717, 1.165) is 31.7 Å². The Morgan fingerprint density at radius 1 is 1.04 bits per heavy atom. The number of carbonyl (C=O) groups is 3. The van der Waals surface area contributed by atoms with Gasteiger partial charge in [0.05, 0.1) is 28.1 Å². The second-order valence-corrected chi connectivity index (χ2v) is 13.0. The van der Waals surface area contributed by atoms with Gasteiger partial charge in [0.25, 0.3) is 0 Å². The zero-order chi connectivity index (χ0) is 35.3. The van der Waals surface area contributed by atoms with Gasteiger partial charge in [-0.2, -0.15) is 0 Å². The van der Waals surface area contributed by atoms with Crippen molar-refractivity contribution in [2.75, 3.05) is 11.5 Å². The normalized spacial score (nSPS) is 18.6. The average Bonchev–Trinajstić information content (AvgIpc) is 3.62. The van der Waals surface area contributed by atoms with E-state index in [9.17, 15) is 23.9 Å². The number of amides is 2. The van der Waals surface area contributed by atoms with E-state index >= 15 is 0 Å². The van der Waals surface area contributed by atoms with Crippen LogP contribution in [0.3, 0.4) is 0 Å². The summed E-state index contributed by atoms with van der Waals surface area (Å²) in [6, 6.07) is 6.60. The van der Waals surface area contributed by atoms with Gasteiger partial charge >= 0.3 is 12.0 Å². The summed E-state index contributed by atoms with van der Waals surface area (Å²) in [6.07, 6.45) is 4.42. The number of ether oxygens (including phenoxy) is 2. The van der Waals surface area contributed by atoms with Crippen molar-refractivity contribution in [1.82, 2.24) is 0 Å². The Labute approximate surface area is 286 Å². The molecule has 0 spiro atoms. The quantitative estimate of drug-likeness (QED) is 0.168. The number of ketones is 1. The van der Waals surface area contributed by atoms with Crippen LogP contribution in [0, 0.1) is 26.6 Å². The molecule has 1 atom stereocenters. The number of anilines is 1. The van der Waals surface area contributed by atoms with E-state index in [1.54, 1.807) is 13.8 Å². The fraction of sp³-hybridized carbons (Fsp3) is 0.459. The SMILES string of the molecule is CC(C)=C1OC(=O)N(c2cc(OC3CCCC3)c(Cl)cc2F)C1=O.CCO/N=C(\CC)C1=C(O)CC(c2c(C)cc(C)cc2C)CC1=O. The molecule has 0 bridgehead atoms. The topological polar surface area (TPSA) is 115 Å². The molecule has 2 aromatic rings. The molecule has 2 amide bonds. The number of benzene rings is 2. The van der Waals surface area contributed by atoms with Gasteiger partial charge in [0, 0.05) is 18.9 Å². The molecule has 0 radical (unpaired) electrons. The molecule has 1 aliphatic heterocycles. The van der Waals surface area contributed by atoms with Crippen molar-refractivity contribution < 1.29 is 38.2 Å². The molecule has 5 rings (SSSR count). The first-order valence-electron chi connectivity index (χ1n) is 16.4. The third-order valence-electron chi connectivity index (χ3n) is 8.57. The minimum atomic E-state index is -0.941. The van der Waals surface area contributed by atoms with E-state index in [0.29, 0.717) is 47.6 Å². The Morgan fingerprint density at radius 3 is 2.23 bits per heavy atom. The summed E-state index contributed by atoms with van der Waals surface area (Å²) in [5, 5.41) is 14.6. The van der Waals surface area contributed by atoms with Gasteiger partial charge in [0.15, 0.2) is 11.5 Å². The van der Waals surface area contributed by atoms with Gasteiger partial charge in [-0.3, -0.25) is 9.59 Å². The van der Waals surface area contributed by atoms with Gasteiger partial charge < -0.3 is 19.4 Å². The molecule has 2 aromatic carbocycles. The zero-order valence-electron chi connectivity index (χ0n) is 28.7. The molecule has 0 aromatic heterocycles. The lowest BCUT2D eigenvalue weighted by atomic mass is 9.78. The lowest BCUT2D eigenvalue weighted by molar-refractivity contribution is -0.116. The number of Topliss-reactive ketones (excluding diaryl/α,β-unsaturated/α-hetero) is 1. The third-order valence-corrected chi connectivity index (χ3v) is 8.87. The summed E-state index contributed by atoms with van der Waals surface area (Å²) in [7, 11) is 0. The summed E-state index contributed by atoms with van der Waals surface area (Å²) in [5.74, 6) is -1.22. The predicted molar refractivity (Wildman–Crippen MR) is 183 cm³/mol. The number of aryl methyl sites for hydroxylation is 3. The minimum absolute atomic E-state index is 0.00962. The van der Waals surface area contributed by atoms with Crippen LogP contribution in [0.25, 0.3) is 0 Å². The van der Waals surface area contributed by atoms with Crippen LogP contribution in [-0.2, 0) is 19.2 Å². The van der Waals surface area contributed by atoms with Crippen LogP contribution in [-0.4, -0.2) is 41.3 Å². The Morgan fingerprint density at radius 2 is 1.69 bits per heavy atom. The first kappa shape index (κ1) is 36.7. The van der Waals surface area contributed by atoms with Gasteiger partial charge in [-0.25, -0.2) is 14.1 Å². The molecule has 1 saturated carbocycles. The number of hydrogen-bond donors (Lipinski definition) is 1. The van der Waals surface area contributed by atoms with Gasteiger partial charge in [-0.15, -0.1) is 0 Å². The molecule has 1 saturated heterocycles. The van der Waals surface area contributed by atoms with Crippen LogP contribution >= 0.6 is 11.6 Å². The standard InChI is InChI=1S/C20H27NO3.C17H17ClFNO4/c1-6-16(21-24-7-2)20-17(22)10-15(11-18(20)23)19-13(4)8-12(3)9-14(19)5;1-9(2)15-16(21)20(17(22)24-15)13-8-14(11(18)7-12(13)19)23-10-5-3-4-6-10/h8-9,15,22H,6-7,10-11H2,1-5H3;7-8,10H,3-6H2,1-2H3/b21-16+;. The Balaban J connectivity index is 0.000000217. The molecule has 2 aliphatic carbocycles. The minimum Gasteiger partial charge on any atom is -0.511 e. The largest absolute Gasteiger partial charge is 0.511 e. The molecule has 2 fully saturated rings. The molecule has 1 N–H and O–H groups in total. The highest BCUT2D eigenvalue weighted by molar-refractivity contribution is 6.32. The van der Waals surface area contributed by atoms with E-state index in [1.807, 2.05) is 13.8 Å². The van der Waals surface area contributed by atoms with Crippen molar-refractivity contribution in [1.29, 1.82) is 0 Å². The Kier molecular flexibility index (Phi) is 12.1. The van der Waals surface area contributed by atoms with E-state index in [1.165, 1.54) is 28.3 Å². The van der Waals surface area contributed by atoms with E-state index in [2.05, 4.69) is 38.1 Å². The number of nitrogens with zero attached hydrogens (tertiary/aromatic N) is 2. The highest BCUT2D eigenvalue weighted by Crippen LogP contribution is 2.39. The fourth-order valence-corrected chi connectivity index (χ4v) is 6.74. The maximum atomic E-state index is 14.3. The first-order valence-corrected chi connectivity index (χ1v) is 16.8. The van der Waals surface area contributed by atoms with E-state index < -0.39 is 17.8 Å². The number of carbonyl (C=O) groups excluding carboxylic acids is 3. The van der Waals surface area contributed by atoms with Crippen molar-refractivity contribution in [2.45, 2.75) is 105 Å². The predicted octanol–water partition coefficient (Wildman–Crippen LogP) is 9.25.